The number of hydrogen-bond acceptors (Lipinski definition) is 4. The zero-order valence-corrected chi connectivity index (χ0v) is 24.4. The van der Waals surface area contributed by atoms with Gasteiger partial charge in [-0.25, -0.2) is 4.98 Å². The lowest BCUT2D eigenvalue weighted by Crippen LogP contribution is -1.88. The van der Waals surface area contributed by atoms with Crippen LogP contribution in [0, 0.1) is 0 Å². The number of rotatable bonds is 4. The zero-order valence-electron chi connectivity index (χ0n) is 23.6. The Bertz CT molecular complexity index is 2510. The largest absolute Gasteiger partial charge is 0.437 e. The Balaban J connectivity index is 1.14. The number of furan rings is 1. The molecule has 0 fully saturated rings. The molecule has 0 unspecified atom stereocenters. The third-order valence-electron chi connectivity index (χ3n) is 8.38. The average Bonchev–Trinajstić information content (AvgIpc) is 3.67. The summed E-state index contributed by atoms with van der Waals surface area (Å²) in [5.41, 5.74) is 9.97. The predicted molar refractivity (Wildman–Crippen MR) is 184 cm³/mol. The fraction of sp³-hybridized carbons (Fsp3) is 0. The summed E-state index contributed by atoms with van der Waals surface area (Å²) in [5.74, 6) is 0. The summed E-state index contributed by atoms with van der Waals surface area (Å²) in [4.78, 5) is 9.80. The van der Waals surface area contributed by atoms with Crippen molar-refractivity contribution in [2.45, 2.75) is 0 Å². The molecule has 0 saturated carbocycles. The number of pyridine rings is 2. The van der Waals surface area contributed by atoms with Crippen LogP contribution in [0.15, 0.2) is 150 Å². The number of hydrogen-bond donors (Lipinski definition) is 0. The lowest BCUT2D eigenvalue weighted by molar-refractivity contribution is 0.655. The Kier molecular flexibility index (Phi) is 5.68. The number of para-hydroxylation sites is 1. The van der Waals surface area contributed by atoms with E-state index < -0.39 is 0 Å². The highest BCUT2D eigenvalue weighted by atomic mass is 32.1. The standard InChI is InChI=1S/C40H24N2OS/c1-2-9-25(10-3-1)26-11-6-12-27(23-26)29-14-7-15-31-33-19-20-35(42-40(33)43-38(29)31)28-21-22-41-36(24-28)34-17-8-16-32-30-13-4-5-18-37(30)44-39(32)34/h1-24H. The molecule has 5 aromatic carbocycles. The normalized spacial score (nSPS) is 11.6. The van der Waals surface area contributed by atoms with Gasteiger partial charge < -0.3 is 4.42 Å². The first-order valence-electron chi connectivity index (χ1n) is 14.7. The first-order valence-corrected chi connectivity index (χ1v) is 15.5. The molecule has 4 heterocycles. The van der Waals surface area contributed by atoms with Crippen LogP contribution < -0.4 is 0 Å². The van der Waals surface area contributed by atoms with Crippen molar-refractivity contribution >= 4 is 53.6 Å². The lowest BCUT2D eigenvalue weighted by atomic mass is 9.98. The van der Waals surface area contributed by atoms with Gasteiger partial charge in [0.15, 0.2) is 0 Å². The van der Waals surface area contributed by atoms with Crippen molar-refractivity contribution in [3.8, 4) is 44.8 Å². The molecule has 4 aromatic heterocycles. The van der Waals surface area contributed by atoms with E-state index in [1.54, 1.807) is 0 Å². The van der Waals surface area contributed by atoms with Crippen LogP contribution in [0.25, 0.3) is 87.0 Å². The van der Waals surface area contributed by atoms with E-state index in [0.29, 0.717) is 5.71 Å². The van der Waals surface area contributed by atoms with E-state index in [2.05, 4.69) is 127 Å². The third-order valence-corrected chi connectivity index (χ3v) is 9.60. The molecule has 0 radical (unpaired) electrons. The predicted octanol–water partition coefficient (Wildman–Crippen LogP) is 11.4. The minimum Gasteiger partial charge on any atom is -0.437 e. The van der Waals surface area contributed by atoms with E-state index in [-0.39, 0.29) is 0 Å². The molecular formula is C40H24N2OS. The quantitative estimate of drug-likeness (QED) is 0.208. The maximum Gasteiger partial charge on any atom is 0.227 e. The minimum atomic E-state index is 0.633. The minimum absolute atomic E-state index is 0.633. The van der Waals surface area contributed by atoms with E-state index in [1.807, 2.05) is 29.7 Å². The van der Waals surface area contributed by atoms with Crippen LogP contribution in [0.3, 0.4) is 0 Å². The summed E-state index contributed by atoms with van der Waals surface area (Å²) in [6.07, 6.45) is 1.87. The molecule has 0 atom stereocenters. The van der Waals surface area contributed by atoms with Crippen LogP contribution in [-0.2, 0) is 0 Å². The molecule has 0 aliphatic rings. The Morgan fingerprint density at radius 3 is 2.16 bits per heavy atom. The highest BCUT2D eigenvalue weighted by Crippen LogP contribution is 2.41. The van der Waals surface area contributed by atoms with Crippen LogP contribution in [0.4, 0.5) is 0 Å². The first kappa shape index (κ1) is 25.0. The SMILES string of the molecule is c1ccc(-c2cccc(-c3cccc4c3oc3nc(-c5ccnc(-c6cccc7c6sc6ccccc67)c5)ccc34)c2)cc1. The van der Waals surface area contributed by atoms with Gasteiger partial charge in [-0.05, 0) is 53.1 Å². The summed E-state index contributed by atoms with van der Waals surface area (Å²) in [6, 6.07) is 48.8. The maximum absolute atomic E-state index is 6.53. The molecule has 0 aliphatic carbocycles. The van der Waals surface area contributed by atoms with Gasteiger partial charge in [-0.1, -0.05) is 103 Å². The Labute approximate surface area is 257 Å². The summed E-state index contributed by atoms with van der Waals surface area (Å²) in [7, 11) is 0. The molecule has 206 valence electrons. The monoisotopic (exact) mass is 580 g/mol. The molecular weight excluding hydrogens is 557 g/mol. The van der Waals surface area contributed by atoms with Gasteiger partial charge in [0.05, 0.1) is 11.4 Å². The zero-order chi connectivity index (χ0) is 29.0. The average molecular weight is 581 g/mol. The van der Waals surface area contributed by atoms with Crippen LogP contribution in [0.1, 0.15) is 0 Å². The smallest absolute Gasteiger partial charge is 0.227 e. The summed E-state index contributed by atoms with van der Waals surface area (Å²) in [5, 5.41) is 4.62. The fourth-order valence-electron chi connectivity index (χ4n) is 6.25. The molecule has 9 rings (SSSR count). The Hall–Kier alpha value is -5.58. The second-order valence-corrected chi connectivity index (χ2v) is 12.0. The second kappa shape index (κ2) is 10.0. The van der Waals surface area contributed by atoms with E-state index in [0.717, 1.165) is 50.0 Å². The fourth-order valence-corrected chi connectivity index (χ4v) is 7.48. The maximum atomic E-state index is 6.53. The number of fused-ring (bicyclic) bond motifs is 6. The van der Waals surface area contributed by atoms with Gasteiger partial charge >= 0.3 is 0 Å². The van der Waals surface area contributed by atoms with Gasteiger partial charge in [-0.2, -0.15) is 0 Å². The highest BCUT2D eigenvalue weighted by molar-refractivity contribution is 7.26. The molecule has 4 heteroatoms. The van der Waals surface area contributed by atoms with E-state index in [4.69, 9.17) is 14.4 Å². The molecule has 0 N–H and O–H groups in total. The molecule has 3 nitrogen and oxygen atoms in total. The van der Waals surface area contributed by atoms with Crippen LogP contribution >= 0.6 is 11.3 Å². The van der Waals surface area contributed by atoms with E-state index in [9.17, 15) is 0 Å². The van der Waals surface area contributed by atoms with Crippen molar-refractivity contribution in [3.63, 3.8) is 0 Å². The van der Waals surface area contributed by atoms with Crippen molar-refractivity contribution < 1.29 is 4.42 Å². The molecule has 0 bridgehead atoms. The van der Waals surface area contributed by atoms with Crippen molar-refractivity contribution in [1.82, 2.24) is 9.97 Å². The molecule has 0 spiro atoms. The number of aromatic nitrogens is 2. The lowest BCUT2D eigenvalue weighted by Gasteiger charge is -2.06. The first-order chi connectivity index (χ1) is 21.8. The summed E-state index contributed by atoms with van der Waals surface area (Å²) >= 11 is 1.82. The second-order valence-electron chi connectivity index (χ2n) is 11.0. The molecule has 0 saturated heterocycles. The highest BCUT2D eigenvalue weighted by Gasteiger charge is 2.16. The van der Waals surface area contributed by atoms with Gasteiger partial charge in [-0.15, -0.1) is 11.3 Å². The molecule has 0 amide bonds. The number of nitrogens with zero attached hydrogens (tertiary/aromatic N) is 2. The summed E-state index contributed by atoms with van der Waals surface area (Å²) < 4.78 is 9.07. The summed E-state index contributed by atoms with van der Waals surface area (Å²) in [6.45, 7) is 0. The van der Waals surface area contributed by atoms with Crippen LogP contribution in [0.2, 0.25) is 0 Å². The molecule has 44 heavy (non-hydrogen) atoms. The van der Waals surface area contributed by atoms with Gasteiger partial charge in [0.2, 0.25) is 5.71 Å². The van der Waals surface area contributed by atoms with Gasteiger partial charge in [-0.3, -0.25) is 4.98 Å². The Morgan fingerprint density at radius 2 is 1.23 bits per heavy atom. The Morgan fingerprint density at radius 1 is 0.477 bits per heavy atom. The number of benzene rings is 5. The van der Waals surface area contributed by atoms with Crippen molar-refractivity contribution in [2.75, 3.05) is 0 Å². The van der Waals surface area contributed by atoms with Gasteiger partial charge in [0.25, 0.3) is 0 Å². The third kappa shape index (κ3) is 4.03. The van der Waals surface area contributed by atoms with E-state index in [1.165, 1.54) is 31.3 Å². The van der Waals surface area contributed by atoms with Crippen LogP contribution in [0.5, 0.6) is 0 Å². The van der Waals surface area contributed by atoms with Crippen molar-refractivity contribution in [2.24, 2.45) is 0 Å². The van der Waals surface area contributed by atoms with Crippen molar-refractivity contribution in [3.05, 3.63) is 146 Å². The van der Waals surface area contributed by atoms with Crippen molar-refractivity contribution in [1.29, 1.82) is 0 Å². The van der Waals surface area contributed by atoms with Gasteiger partial charge in [0, 0.05) is 53.8 Å². The van der Waals surface area contributed by atoms with E-state index >= 15 is 0 Å². The number of thiophene rings is 1. The van der Waals surface area contributed by atoms with Gasteiger partial charge in [0.1, 0.15) is 5.58 Å². The molecule has 0 aliphatic heterocycles. The topological polar surface area (TPSA) is 38.9 Å². The van der Waals surface area contributed by atoms with Crippen LogP contribution in [-0.4, -0.2) is 9.97 Å². The molecule has 9 aromatic rings.